The first kappa shape index (κ1) is 15.1. The lowest BCUT2D eigenvalue weighted by Crippen LogP contribution is -2.08. The SMILES string of the molecule is CCOC(=O)c1ncn(-c2ccc3ocnc3c2)c1-c1ccccc1. The van der Waals surface area contributed by atoms with Crippen molar-refractivity contribution in [3.8, 4) is 16.9 Å². The Bertz CT molecular complexity index is 1030. The summed E-state index contributed by atoms with van der Waals surface area (Å²) in [6.07, 6.45) is 3.03. The first-order valence-corrected chi connectivity index (χ1v) is 7.91. The van der Waals surface area contributed by atoms with Crippen molar-refractivity contribution in [1.29, 1.82) is 0 Å². The Morgan fingerprint density at radius 1 is 1.16 bits per heavy atom. The molecule has 0 aliphatic carbocycles. The Morgan fingerprint density at radius 2 is 2.00 bits per heavy atom. The summed E-state index contributed by atoms with van der Waals surface area (Å²) in [6, 6.07) is 15.3. The predicted octanol–water partition coefficient (Wildman–Crippen LogP) is 3.86. The minimum atomic E-state index is -0.442. The average Bonchev–Trinajstić information content (AvgIpc) is 3.28. The third-order valence-electron chi connectivity index (χ3n) is 3.88. The minimum absolute atomic E-state index is 0.285. The first-order valence-electron chi connectivity index (χ1n) is 7.91. The van der Waals surface area contributed by atoms with E-state index in [1.807, 2.05) is 53.1 Å². The highest BCUT2D eigenvalue weighted by Crippen LogP contribution is 2.28. The molecule has 0 spiro atoms. The van der Waals surface area contributed by atoms with Gasteiger partial charge in [0.25, 0.3) is 0 Å². The third-order valence-corrected chi connectivity index (χ3v) is 3.88. The Labute approximate surface area is 143 Å². The monoisotopic (exact) mass is 333 g/mol. The molecule has 0 saturated heterocycles. The van der Waals surface area contributed by atoms with Crippen molar-refractivity contribution in [3.63, 3.8) is 0 Å². The lowest BCUT2D eigenvalue weighted by atomic mass is 10.1. The molecule has 0 bridgehead atoms. The number of imidazole rings is 1. The van der Waals surface area contributed by atoms with E-state index in [9.17, 15) is 4.79 Å². The van der Waals surface area contributed by atoms with E-state index < -0.39 is 5.97 Å². The number of hydrogen-bond donors (Lipinski definition) is 0. The molecule has 2 aromatic heterocycles. The van der Waals surface area contributed by atoms with Gasteiger partial charge in [-0.2, -0.15) is 0 Å². The number of carbonyl (C=O) groups excluding carboxylic acids is 1. The van der Waals surface area contributed by atoms with Gasteiger partial charge in [0, 0.05) is 11.3 Å². The third kappa shape index (κ3) is 2.67. The zero-order valence-electron chi connectivity index (χ0n) is 13.5. The summed E-state index contributed by atoms with van der Waals surface area (Å²) in [6.45, 7) is 2.07. The van der Waals surface area contributed by atoms with E-state index in [4.69, 9.17) is 9.15 Å². The Kier molecular flexibility index (Phi) is 3.78. The van der Waals surface area contributed by atoms with Crippen molar-refractivity contribution in [2.45, 2.75) is 6.92 Å². The molecular weight excluding hydrogens is 318 g/mol. The number of esters is 1. The largest absolute Gasteiger partial charge is 0.461 e. The van der Waals surface area contributed by atoms with Crippen molar-refractivity contribution >= 4 is 17.1 Å². The van der Waals surface area contributed by atoms with Gasteiger partial charge in [-0.25, -0.2) is 14.8 Å². The number of nitrogens with zero attached hydrogens (tertiary/aromatic N) is 3. The molecule has 0 radical (unpaired) electrons. The quantitative estimate of drug-likeness (QED) is 0.530. The molecule has 25 heavy (non-hydrogen) atoms. The molecule has 0 aliphatic heterocycles. The fourth-order valence-electron chi connectivity index (χ4n) is 2.76. The maximum Gasteiger partial charge on any atom is 0.359 e. The number of carbonyl (C=O) groups is 1. The van der Waals surface area contributed by atoms with Gasteiger partial charge in [-0.1, -0.05) is 30.3 Å². The fraction of sp³-hybridized carbons (Fsp3) is 0.105. The number of fused-ring (bicyclic) bond motifs is 1. The van der Waals surface area contributed by atoms with Crippen molar-refractivity contribution in [2.24, 2.45) is 0 Å². The van der Waals surface area contributed by atoms with Crippen molar-refractivity contribution in [3.05, 3.63) is 66.9 Å². The highest BCUT2D eigenvalue weighted by Gasteiger charge is 2.21. The molecular formula is C19H15N3O3. The fourth-order valence-corrected chi connectivity index (χ4v) is 2.76. The minimum Gasteiger partial charge on any atom is -0.461 e. The lowest BCUT2D eigenvalue weighted by molar-refractivity contribution is 0.0521. The summed E-state index contributed by atoms with van der Waals surface area (Å²) in [5.74, 6) is -0.442. The van der Waals surface area contributed by atoms with Crippen LogP contribution in [0.5, 0.6) is 0 Å². The number of ether oxygens (including phenoxy) is 1. The van der Waals surface area contributed by atoms with Crippen molar-refractivity contribution in [2.75, 3.05) is 6.61 Å². The van der Waals surface area contributed by atoms with E-state index in [1.54, 1.807) is 13.3 Å². The number of benzene rings is 2. The molecule has 0 saturated carbocycles. The standard InChI is InChI=1S/C19H15N3O3/c1-2-24-19(23)17-18(13-6-4-3-5-7-13)22(11-20-17)14-8-9-16-15(10-14)21-12-25-16/h3-12H,2H2,1H3. The predicted molar refractivity (Wildman–Crippen MR) is 92.5 cm³/mol. The van der Waals surface area contributed by atoms with Gasteiger partial charge in [0.05, 0.1) is 12.3 Å². The number of rotatable bonds is 4. The zero-order chi connectivity index (χ0) is 17.2. The van der Waals surface area contributed by atoms with E-state index in [-0.39, 0.29) is 5.69 Å². The second-order valence-electron chi connectivity index (χ2n) is 5.40. The van der Waals surface area contributed by atoms with E-state index in [0.29, 0.717) is 17.9 Å². The van der Waals surface area contributed by atoms with Crippen LogP contribution in [0.4, 0.5) is 0 Å². The number of hydrogen-bond acceptors (Lipinski definition) is 5. The van der Waals surface area contributed by atoms with Gasteiger partial charge in [0.15, 0.2) is 17.7 Å². The van der Waals surface area contributed by atoms with Crippen LogP contribution in [-0.4, -0.2) is 27.1 Å². The van der Waals surface area contributed by atoms with Crippen LogP contribution in [0.15, 0.2) is 65.7 Å². The maximum absolute atomic E-state index is 12.3. The van der Waals surface area contributed by atoms with E-state index in [0.717, 1.165) is 16.8 Å². The summed E-state index contributed by atoms with van der Waals surface area (Å²) in [5, 5.41) is 0. The molecule has 2 heterocycles. The van der Waals surface area contributed by atoms with Crippen molar-refractivity contribution < 1.29 is 13.9 Å². The van der Waals surface area contributed by atoms with Crippen LogP contribution in [0.3, 0.4) is 0 Å². The van der Waals surface area contributed by atoms with Gasteiger partial charge in [-0.05, 0) is 25.1 Å². The van der Waals surface area contributed by atoms with Gasteiger partial charge in [0.1, 0.15) is 11.8 Å². The Hall–Kier alpha value is -3.41. The van der Waals surface area contributed by atoms with Crippen LogP contribution in [0.2, 0.25) is 0 Å². The van der Waals surface area contributed by atoms with Gasteiger partial charge < -0.3 is 9.15 Å². The Morgan fingerprint density at radius 3 is 2.80 bits per heavy atom. The number of oxazole rings is 1. The molecule has 0 unspecified atom stereocenters. The lowest BCUT2D eigenvalue weighted by Gasteiger charge is -2.10. The molecule has 0 atom stereocenters. The highest BCUT2D eigenvalue weighted by atomic mass is 16.5. The van der Waals surface area contributed by atoms with Crippen LogP contribution >= 0.6 is 0 Å². The van der Waals surface area contributed by atoms with Gasteiger partial charge in [-0.3, -0.25) is 4.57 Å². The molecule has 6 nitrogen and oxygen atoms in total. The molecule has 0 N–H and O–H groups in total. The zero-order valence-corrected chi connectivity index (χ0v) is 13.5. The van der Waals surface area contributed by atoms with Crippen LogP contribution < -0.4 is 0 Å². The van der Waals surface area contributed by atoms with E-state index in [2.05, 4.69) is 9.97 Å². The van der Waals surface area contributed by atoms with Gasteiger partial charge in [0.2, 0.25) is 0 Å². The average molecular weight is 333 g/mol. The van der Waals surface area contributed by atoms with Crippen LogP contribution in [0.1, 0.15) is 17.4 Å². The maximum atomic E-state index is 12.3. The molecule has 0 aliphatic rings. The first-order chi connectivity index (χ1) is 12.3. The van der Waals surface area contributed by atoms with E-state index >= 15 is 0 Å². The number of aromatic nitrogens is 3. The topological polar surface area (TPSA) is 70.2 Å². The molecule has 124 valence electrons. The summed E-state index contributed by atoms with van der Waals surface area (Å²) >= 11 is 0. The summed E-state index contributed by atoms with van der Waals surface area (Å²) in [4.78, 5) is 20.8. The summed E-state index contributed by atoms with van der Waals surface area (Å²) in [5.41, 5.74) is 4.13. The van der Waals surface area contributed by atoms with Gasteiger partial charge in [-0.15, -0.1) is 0 Å². The van der Waals surface area contributed by atoms with Crippen LogP contribution in [0, 0.1) is 0 Å². The molecule has 4 aromatic rings. The summed E-state index contributed by atoms with van der Waals surface area (Å²) in [7, 11) is 0. The normalized spacial score (nSPS) is 10.9. The summed E-state index contributed by atoms with van der Waals surface area (Å²) < 4.78 is 12.3. The van der Waals surface area contributed by atoms with Gasteiger partial charge >= 0.3 is 5.97 Å². The molecule has 0 amide bonds. The van der Waals surface area contributed by atoms with Crippen LogP contribution in [0.25, 0.3) is 28.0 Å². The molecule has 4 rings (SSSR count). The van der Waals surface area contributed by atoms with Crippen molar-refractivity contribution in [1.82, 2.24) is 14.5 Å². The Balaban J connectivity index is 1.91. The smallest absolute Gasteiger partial charge is 0.359 e. The highest BCUT2D eigenvalue weighted by molar-refractivity contribution is 5.95. The van der Waals surface area contributed by atoms with E-state index in [1.165, 1.54) is 6.39 Å². The molecule has 6 heteroatoms. The molecule has 2 aromatic carbocycles. The second kappa shape index (κ2) is 6.24. The second-order valence-corrected chi connectivity index (χ2v) is 5.40. The molecule has 0 fully saturated rings. The van der Waals surface area contributed by atoms with Crippen LogP contribution in [-0.2, 0) is 4.74 Å².